The zero-order valence-corrected chi connectivity index (χ0v) is 12.5. The van der Waals surface area contributed by atoms with Crippen molar-refractivity contribution in [2.24, 2.45) is 0 Å². The molecular weight excluding hydrogens is 280 g/mol. The molecule has 3 aromatic rings. The SMILES string of the molecule is CCOc1nc(C)nc2c1CCOc1c-2oc2ccccc12. The second-order valence-electron chi connectivity index (χ2n) is 5.19. The van der Waals surface area contributed by atoms with Gasteiger partial charge in [0.15, 0.2) is 11.5 Å². The average Bonchev–Trinajstić information content (AvgIpc) is 2.78. The van der Waals surface area contributed by atoms with Crippen LogP contribution in [-0.2, 0) is 6.42 Å². The maximum Gasteiger partial charge on any atom is 0.220 e. The second-order valence-corrected chi connectivity index (χ2v) is 5.19. The number of ether oxygens (including phenoxy) is 2. The van der Waals surface area contributed by atoms with Gasteiger partial charge in [-0.15, -0.1) is 0 Å². The van der Waals surface area contributed by atoms with Gasteiger partial charge in [-0.25, -0.2) is 4.98 Å². The van der Waals surface area contributed by atoms with Crippen LogP contribution in [0.1, 0.15) is 18.3 Å². The number of furan rings is 1. The third-order valence-electron chi connectivity index (χ3n) is 3.73. The largest absolute Gasteiger partial charge is 0.488 e. The molecule has 0 amide bonds. The van der Waals surface area contributed by atoms with E-state index in [2.05, 4.69) is 9.97 Å². The van der Waals surface area contributed by atoms with Crippen LogP contribution in [0.3, 0.4) is 0 Å². The first-order chi connectivity index (χ1) is 10.8. The minimum atomic E-state index is 0.552. The molecule has 22 heavy (non-hydrogen) atoms. The number of nitrogens with zero attached hydrogens (tertiary/aromatic N) is 2. The van der Waals surface area contributed by atoms with Crippen LogP contribution in [0.4, 0.5) is 0 Å². The maximum atomic E-state index is 6.01. The minimum Gasteiger partial charge on any atom is -0.488 e. The third-order valence-corrected chi connectivity index (χ3v) is 3.73. The number of rotatable bonds is 2. The maximum absolute atomic E-state index is 6.01. The Kier molecular flexibility index (Phi) is 2.99. The zero-order valence-electron chi connectivity index (χ0n) is 12.5. The van der Waals surface area contributed by atoms with Gasteiger partial charge in [0.25, 0.3) is 0 Å². The van der Waals surface area contributed by atoms with Crippen LogP contribution in [-0.4, -0.2) is 23.2 Å². The number of hydrogen-bond acceptors (Lipinski definition) is 5. The van der Waals surface area contributed by atoms with E-state index in [0.29, 0.717) is 37.1 Å². The van der Waals surface area contributed by atoms with Crippen molar-refractivity contribution < 1.29 is 13.9 Å². The molecule has 1 aliphatic rings. The molecule has 112 valence electrons. The van der Waals surface area contributed by atoms with E-state index in [4.69, 9.17) is 13.9 Å². The fourth-order valence-electron chi connectivity index (χ4n) is 2.82. The summed E-state index contributed by atoms with van der Waals surface area (Å²) in [5.41, 5.74) is 2.53. The molecule has 0 aliphatic carbocycles. The van der Waals surface area contributed by atoms with Crippen LogP contribution in [0.15, 0.2) is 28.7 Å². The highest BCUT2D eigenvalue weighted by Crippen LogP contribution is 2.43. The lowest BCUT2D eigenvalue weighted by molar-refractivity contribution is 0.308. The van der Waals surface area contributed by atoms with Gasteiger partial charge >= 0.3 is 0 Å². The Morgan fingerprint density at radius 2 is 2.09 bits per heavy atom. The van der Waals surface area contributed by atoms with Crippen LogP contribution in [0.5, 0.6) is 11.6 Å². The second kappa shape index (κ2) is 5.02. The molecule has 0 spiro atoms. The topological polar surface area (TPSA) is 57.4 Å². The fourth-order valence-corrected chi connectivity index (χ4v) is 2.82. The summed E-state index contributed by atoms with van der Waals surface area (Å²) < 4.78 is 17.6. The van der Waals surface area contributed by atoms with Gasteiger partial charge in [0.1, 0.15) is 17.1 Å². The van der Waals surface area contributed by atoms with Crippen molar-refractivity contribution >= 4 is 11.0 Å². The lowest BCUT2D eigenvalue weighted by atomic mass is 10.1. The number of fused-ring (bicyclic) bond motifs is 5. The van der Waals surface area contributed by atoms with E-state index in [0.717, 1.165) is 28.0 Å². The summed E-state index contributed by atoms with van der Waals surface area (Å²) in [4.78, 5) is 9.00. The zero-order chi connectivity index (χ0) is 15.1. The molecule has 2 aromatic heterocycles. The van der Waals surface area contributed by atoms with E-state index >= 15 is 0 Å². The average molecular weight is 296 g/mol. The van der Waals surface area contributed by atoms with Gasteiger partial charge in [0.2, 0.25) is 5.88 Å². The molecule has 1 aromatic carbocycles. The van der Waals surface area contributed by atoms with E-state index in [-0.39, 0.29) is 0 Å². The van der Waals surface area contributed by atoms with E-state index in [9.17, 15) is 0 Å². The predicted molar refractivity (Wildman–Crippen MR) is 82.3 cm³/mol. The van der Waals surface area contributed by atoms with Crippen LogP contribution >= 0.6 is 0 Å². The van der Waals surface area contributed by atoms with Crippen molar-refractivity contribution in [3.05, 3.63) is 35.7 Å². The van der Waals surface area contributed by atoms with Crippen molar-refractivity contribution in [1.82, 2.24) is 9.97 Å². The first-order valence-corrected chi connectivity index (χ1v) is 7.43. The molecule has 4 rings (SSSR count). The van der Waals surface area contributed by atoms with Gasteiger partial charge in [0, 0.05) is 12.0 Å². The lowest BCUT2D eigenvalue weighted by Crippen LogP contribution is -2.06. The molecule has 1 aliphatic heterocycles. The van der Waals surface area contributed by atoms with Crippen molar-refractivity contribution in [3.63, 3.8) is 0 Å². The van der Waals surface area contributed by atoms with Crippen molar-refractivity contribution in [2.75, 3.05) is 13.2 Å². The Hall–Kier alpha value is -2.56. The summed E-state index contributed by atoms with van der Waals surface area (Å²) >= 11 is 0. The van der Waals surface area contributed by atoms with E-state index in [1.807, 2.05) is 38.1 Å². The number of hydrogen-bond donors (Lipinski definition) is 0. The highest BCUT2D eigenvalue weighted by molar-refractivity contribution is 5.91. The van der Waals surface area contributed by atoms with E-state index in [1.165, 1.54) is 0 Å². The molecular formula is C17H16N2O3. The van der Waals surface area contributed by atoms with Gasteiger partial charge in [-0.3, -0.25) is 0 Å². The monoisotopic (exact) mass is 296 g/mol. The minimum absolute atomic E-state index is 0.552. The van der Waals surface area contributed by atoms with Crippen molar-refractivity contribution in [1.29, 1.82) is 0 Å². The summed E-state index contributed by atoms with van der Waals surface area (Å²) in [7, 11) is 0. The third kappa shape index (κ3) is 1.93. The normalized spacial score (nSPS) is 13.2. The Morgan fingerprint density at radius 1 is 1.23 bits per heavy atom. The van der Waals surface area contributed by atoms with E-state index in [1.54, 1.807) is 0 Å². The van der Waals surface area contributed by atoms with Gasteiger partial charge < -0.3 is 13.9 Å². The standard InChI is InChI=1S/C17H16N2O3/c1-3-20-17-12-8-9-21-15-11-6-4-5-7-13(11)22-16(15)14(12)18-10(2)19-17/h4-7H,3,8-9H2,1-2H3. The van der Waals surface area contributed by atoms with Crippen LogP contribution < -0.4 is 9.47 Å². The first kappa shape index (κ1) is 13.1. The van der Waals surface area contributed by atoms with Gasteiger partial charge in [-0.05, 0) is 26.0 Å². The lowest BCUT2D eigenvalue weighted by Gasteiger charge is -2.10. The molecule has 0 bridgehead atoms. The number of aromatic nitrogens is 2. The highest BCUT2D eigenvalue weighted by atomic mass is 16.5. The molecule has 0 N–H and O–H groups in total. The number of benzene rings is 1. The smallest absolute Gasteiger partial charge is 0.220 e. The molecule has 0 saturated heterocycles. The van der Waals surface area contributed by atoms with Crippen molar-refractivity contribution in [2.45, 2.75) is 20.3 Å². The Bertz CT molecular complexity index is 854. The molecule has 0 atom stereocenters. The summed E-state index contributed by atoms with van der Waals surface area (Å²) in [6.07, 6.45) is 0.698. The quantitative estimate of drug-likeness (QED) is 0.724. The van der Waals surface area contributed by atoms with Gasteiger partial charge in [-0.2, -0.15) is 4.98 Å². The molecule has 5 nitrogen and oxygen atoms in total. The van der Waals surface area contributed by atoms with Crippen LogP contribution in [0.25, 0.3) is 22.4 Å². The molecule has 0 unspecified atom stereocenters. The molecule has 0 fully saturated rings. The summed E-state index contributed by atoms with van der Waals surface area (Å²) in [5, 5.41) is 0.972. The fraction of sp³-hybridized carbons (Fsp3) is 0.294. The van der Waals surface area contributed by atoms with Gasteiger partial charge in [-0.1, -0.05) is 12.1 Å². The van der Waals surface area contributed by atoms with Crippen LogP contribution in [0, 0.1) is 6.92 Å². The molecule has 0 radical (unpaired) electrons. The highest BCUT2D eigenvalue weighted by Gasteiger charge is 2.27. The Morgan fingerprint density at radius 3 is 2.95 bits per heavy atom. The van der Waals surface area contributed by atoms with Gasteiger partial charge in [0.05, 0.1) is 18.6 Å². The molecule has 0 saturated carbocycles. The van der Waals surface area contributed by atoms with Crippen LogP contribution in [0.2, 0.25) is 0 Å². The Balaban J connectivity index is 2.01. The Labute approximate surface area is 127 Å². The van der Waals surface area contributed by atoms with Crippen molar-refractivity contribution in [3.8, 4) is 23.1 Å². The predicted octanol–water partition coefficient (Wildman–Crippen LogP) is 3.53. The number of aryl methyl sites for hydroxylation is 1. The molecule has 3 heterocycles. The summed E-state index contributed by atoms with van der Waals surface area (Å²) in [6, 6.07) is 7.86. The molecule has 5 heteroatoms. The summed E-state index contributed by atoms with van der Waals surface area (Å²) in [6.45, 7) is 4.92. The first-order valence-electron chi connectivity index (χ1n) is 7.43. The van der Waals surface area contributed by atoms with E-state index < -0.39 is 0 Å². The number of para-hydroxylation sites is 1. The summed E-state index contributed by atoms with van der Waals surface area (Å²) in [5.74, 6) is 2.72.